The fraction of sp³-hybridized carbons (Fsp3) is 0.214. The van der Waals surface area contributed by atoms with Gasteiger partial charge < -0.3 is 9.73 Å². The summed E-state index contributed by atoms with van der Waals surface area (Å²) in [5, 5.41) is 7.42. The second-order valence-corrected chi connectivity index (χ2v) is 4.57. The number of hydrogen-bond donors (Lipinski definition) is 1. The first-order valence-corrected chi connectivity index (χ1v) is 6.41. The number of anilines is 1. The number of furan rings is 1. The molecule has 0 saturated carbocycles. The standard InChI is InChI=1S/C14H15N5O/c1-11(7-13-3-2-6-20-13)18-12-4-5-14(16-8-12)19-10-15-9-17-19/h2-6,8-11,18H,7H2,1H3. The topological polar surface area (TPSA) is 68.8 Å². The van der Waals surface area contributed by atoms with E-state index < -0.39 is 0 Å². The van der Waals surface area contributed by atoms with Crippen LogP contribution >= 0.6 is 0 Å². The lowest BCUT2D eigenvalue weighted by atomic mass is 10.2. The Morgan fingerprint density at radius 1 is 1.35 bits per heavy atom. The van der Waals surface area contributed by atoms with E-state index in [4.69, 9.17) is 4.42 Å². The lowest BCUT2D eigenvalue weighted by Crippen LogP contribution is -2.17. The van der Waals surface area contributed by atoms with Crippen molar-refractivity contribution in [2.75, 3.05) is 5.32 Å². The zero-order chi connectivity index (χ0) is 13.8. The van der Waals surface area contributed by atoms with Crippen LogP contribution in [0.5, 0.6) is 0 Å². The molecule has 0 aromatic carbocycles. The van der Waals surface area contributed by atoms with Crippen LogP contribution in [0.4, 0.5) is 5.69 Å². The smallest absolute Gasteiger partial charge is 0.155 e. The Morgan fingerprint density at radius 3 is 2.95 bits per heavy atom. The maximum atomic E-state index is 5.34. The van der Waals surface area contributed by atoms with E-state index in [2.05, 4.69) is 27.3 Å². The van der Waals surface area contributed by atoms with Gasteiger partial charge in [-0.15, -0.1) is 0 Å². The number of aromatic nitrogens is 4. The molecule has 3 aromatic rings. The summed E-state index contributed by atoms with van der Waals surface area (Å²) >= 11 is 0. The molecule has 3 aromatic heterocycles. The lowest BCUT2D eigenvalue weighted by Gasteiger charge is -2.13. The molecule has 0 aliphatic heterocycles. The third kappa shape index (κ3) is 2.85. The molecule has 6 heteroatoms. The van der Waals surface area contributed by atoms with E-state index >= 15 is 0 Å². The highest BCUT2D eigenvalue weighted by atomic mass is 16.3. The minimum Gasteiger partial charge on any atom is -0.469 e. The van der Waals surface area contributed by atoms with Crippen molar-refractivity contribution in [3.63, 3.8) is 0 Å². The average Bonchev–Trinajstić information content (AvgIpc) is 3.12. The zero-order valence-electron chi connectivity index (χ0n) is 11.1. The van der Waals surface area contributed by atoms with Gasteiger partial charge in [-0.1, -0.05) is 0 Å². The third-order valence-corrected chi connectivity index (χ3v) is 2.90. The Morgan fingerprint density at radius 2 is 2.30 bits per heavy atom. The largest absolute Gasteiger partial charge is 0.469 e. The minimum absolute atomic E-state index is 0.264. The summed E-state index contributed by atoms with van der Waals surface area (Å²) in [7, 11) is 0. The molecule has 0 aliphatic rings. The van der Waals surface area contributed by atoms with Crippen molar-refractivity contribution in [2.45, 2.75) is 19.4 Å². The molecule has 102 valence electrons. The Labute approximate surface area is 116 Å². The molecule has 1 N–H and O–H groups in total. The number of hydrogen-bond acceptors (Lipinski definition) is 5. The van der Waals surface area contributed by atoms with E-state index in [-0.39, 0.29) is 6.04 Å². The van der Waals surface area contributed by atoms with E-state index in [1.165, 1.54) is 6.33 Å². The highest BCUT2D eigenvalue weighted by Gasteiger charge is 2.06. The Hall–Kier alpha value is -2.63. The fourth-order valence-corrected chi connectivity index (χ4v) is 2.00. The van der Waals surface area contributed by atoms with Crippen LogP contribution in [-0.2, 0) is 6.42 Å². The normalized spacial score (nSPS) is 12.2. The molecule has 3 rings (SSSR count). The van der Waals surface area contributed by atoms with Crippen LogP contribution in [0.1, 0.15) is 12.7 Å². The van der Waals surface area contributed by atoms with Crippen LogP contribution in [0.3, 0.4) is 0 Å². The molecule has 0 radical (unpaired) electrons. The van der Waals surface area contributed by atoms with Gasteiger partial charge in [-0.3, -0.25) is 0 Å². The molecule has 0 amide bonds. The maximum absolute atomic E-state index is 5.34. The first kappa shape index (κ1) is 12.4. The molecular weight excluding hydrogens is 254 g/mol. The van der Waals surface area contributed by atoms with E-state index in [1.54, 1.807) is 23.5 Å². The van der Waals surface area contributed by atoms with Crippen molar-refractivity contribution >= 4 is 5.69 Å². The molecule has 0 fully saturated rings. The van der Waals surface area contributed by atoms with Gasteiger partial charge in [-0.2, -0.15) is 5.10 Å². The molecule has 1 atom stereocenters. The molecule has 0 saturated heterocycles. The highest BCUT2D eigenvalue weighted by Crippen LogP contribution is 2.12. The average molecular weight is 269 g/mol. The first-order valence-electron chi connectivity index (χ1n) is 6.41. The Bertz CT molecular complexity index is 631. The molecule has 3 heterocycles. The van der Waals surface area contributed by atoms with Crippen LogP contribution < -0.4 is 5.32 Å². The van der Waals surface area contributed by atoms with Crippen LogP contribution in [0.2, 0.25) is 0 Å². The SMILES string of the molecule is CC(Cc1ccco1)Nc1ccc(-n2cncn2)nc1. The predicted octanol–water partition coefficient (Wildman–Crippen LogP) is 2.30. The van der Waals surface area contributed by atoms with Crippen LogP contribution in [0, 0.1) is 0 Å². The third-order valence-electron chi connectivity index (χ3n) is 2.90. The predicted molar refractivity (Wildman–Crippen MR) is 74.7 cm³/mol. The molecule has 6 nitrogen and oxygen atoms in total. The zero-order valence-corrected chi connectivity index (χ0v) is 11.1. The molecule has 20 heavy (non-hydrogen) atoms. The Kier molecular flexibility index (Phi) is 3.45. The van der Waals surface area contributed by atoms with E-state index in [1.807, 2.05) is 24.3 Å². The molecule has 0 aliphatic carbocycles. The second kappa shape index (κ2) is 5.56. The quantitative estimate of drug-likeness (QED) is 0.769. The van der Waals surface area contributed by atoms with Gasteiger partial charge in [-0.25, -0.2) is 14.6 Å². The molecule has 0 bridgehead atoms. The van der Waals surface area contributed by atoms with Crippen molar-refractivity contribution in [1.29, 1.82) is 0 Å². The Balaban J connectivity index is 1.63. The van der Waals surface area contributed by atoms with Crippen molar-refractivity contribution in [1.82, 2.24) is 19.7 Å². The van der Waals surface area contributed by atoms with Gasteiger partial charge in [0.2, 0.25) is 0 Å². The second-order valence-electron chi connectivity index (χ2n) is 4.57. The van der Waals surface area contributed by atoms with Gasteiger partial charge in [0.05, 0.1) is 18.1 Å². The van der Waals surface area contributed by atoms with Crippen molar-refractivity contribution in [3.05, 3.63) is 55.1 Å². The van der Waals surface area contributed by atoms with Gasteiger partial charge in [0.25, 0.3) is 0 Å². The molecule has 0 spiro atoms. The summed E-state index contributed by atoms with van der Waals surface area (Å²) in [6.45, 7) is 2.11. The summed E-state index contributed by atoms with van der Waals surface area (Å²) in [6.07, 6.45) is 7.41. The fourth-order valence-electron chi connectivity index (χ4n) is 2.00. The van der Waals surface area contributed by atoms with Gasteiger partial charge >= 0.3 is 0 Å². The maximum Gasteiger partial charge on any atom is 0.155 e. The van der Waals surface area contributed by atoms with Crippen molar-refractivity contribution < 1.29 is 4.42 Å². The number of nitrogens with one attached hydrogen (secondary N) is 1. The summed E-state index contributed by atoms with van der Waals surface area (Å²) in [6, 6.07) is 8.01. The number of rotatable bonds is 5. The van der Waals surface area contributed by atoms with Gasteiger partial charge in [0.1, 0.15) is 18.4 Å². The van der Waals surface area contributed by atoms with E-state index in [9.17, 15) is 0 Å². The van der Waals surface area contributed by atoms with Gasteiger partial charge in [0, 0.05) is 12.5 Å². The van der Waals surface area contributed by atoms with Crippen molar-refractivity contribution in [2.24, 2.45) is 0 Å². The number of pyridine rings is 1. The van der Waals surface area contributed by atoms with Crippen LogP contribution in [0.15, 0.2) is 53.8 Å². The number of nitrogens with zero attached hydrogens (tertiary/aromatic N) is 4. The lowest BCUT2D eigenvalue weighted by molar-refractivity contribution is 0.498. The summed E-state index contributed by atoms with van der Waals surface area (Å²) in [5.74, 6) is 1.71. The highest BCUT2D eigenvalue weighted by molar-refractivity contribution is 5.44. The van der Waals surface area contributed by atoms with Gasteiger partial charge in [0.15, 0.2) is 5.82 Å². The van der Waals surface area contributed by atoms with Crippen molar-refractivity contribution in [3.8, 4) is 5.82 Å². The monoisotopic (exact) mass is 269 g/mol. The van der Waals surface area contributed by atoms with E-state index in [0.717, 1.165) is 23.7 Å². The molecule has 1 unspecified atom stereocenters. The minimum atomic E-state index is 0.264. The van der Waals surface area contributed by atoms with Crippen LogP contribution in [-0.4, -0.2) is 25.8 Å². The molecular formula is C14H15N5O. The summed E-state index contributed by atoms with van der Waals surface area (Å²) < 4.78 is 6.96. The van der Waals surface area contributed by atoms with E-state index in [0.29, 0.717) is 0 Å². The first-order chi connectivity index (χ1) is 9.81. The van der Waals surface area contributed by atoms with Gasteiger partial charge in [-0.05, 0) is 31.2 Å². The van der Waals surface area contributed by atoms with Crippen LogP contribution in [0.25, 0.3) is 5.82 Å². The summed E-state index contributed by atoms with van der Waals surface area (Å²) in [4.78, 5) is 8.24. The summed E-state index contributed by atoms with van der Waals surface area (Å²) in [5.41, 5.74) is 0.966.